The number of benzene rings is 2. The minimum absolute atomic E-state index is 0.324. The van der Waals surface area contributed by atoms with Gasteiger partial charge in [0, 0.05) is 11.3 Å². The Morgan fingerprint density at radius 1 is 1.00 bits per heavy atom. The Bertz CT molecular complexity index is 703. The summed E-state index contributed by atoms with van der Waals surface area (Å²) in [7, 11) is 0. The van der Waals surface area contributed by atoms with Crippen LogP contribution >= 0.6 is 0 Å². The maximum absolute atomic E-state index is 13.6. The Morgan fingerprint density at radius 2 is 1.76 bits per heavy atom. The van der Waals surface area contributed by atoms with Gasteiger partial charge >= 0.3 is 0 Å². The fraction of sp³-hybridized carbons (Fsp3) is 0.133. The molecule has 6 heteroatoms. The van der Waals surface area contributed by atoms with Crippen LogP contribution in [0.4, 0.5) is 10.1 Å². The van der Waals surface area contributed by atoms with Crippen molar-refractivity contribution >= 4 is 5.69 Å². The molecule has 0 aliphatic heterocycles. The van der Waals surface area contributed by atoms with E-state index in [-0.39, 0.29) is 5.82 Å². The van der Waals surface area contributed by atoms with Gasteiger partial charge < -0.3 is 5.73 Å². The summed E-state index contributed by atoms with van der Waals surface area (Å²) in [6, 6.07) is 10.3. The summed E-state index contributed by atoms with van der Waals surface area (Å²) in [4.78, 5) is 0. The summed E-state index contributed by atoms with van der Waals surface area (Å²) in [6.45, 7) is 3.77. The summed E-state index contributed by atoms with van der Waals surface area (Å²) in [5.74, 6) is 0.200. The van der Waals surface area contributed by atoms with Gasteiger partial charge in [-0.1, -0.05) is 0 Å². The van der Waals surface area contributed by atoms with Gasteiger partial charge in [0.15, 0.2) is 5.82 Å². The molecular weight excluding hydrogens is 269 g/mol. The molecule has 5 nitrogen and oxygen atoms in total. The Morgan fingerprint density at radius 3 is 2.48 bits per heavy atom. The van der Waals surface area contributed by atoms with Crippen LogP contribution in [0.2, 0.25) is 0 Å². The Balaban J connectivity index is 2.16. The number of hydrogen-bond acceptors (Lipinski definition) is 4. The lowest BCUT2D eigenvalue weighted by Gasteiger charge is -2.07. The number of halogens is 1. The van der Waals surface area contributed by atoms with Gasteiger partial charge in [0.05, 0.1) is 5.69 Å². The third kappa shape index (κ3) is 2.60. The van der Waals surface area contributed by atoms with E-state index in [1.54, 1.807) is 6.07 Å². The predicted molar refractivity (Wildman–Crippen MR) is 78.4 cm³/mol. The highest BCUT2D eigenvalue weighted by atomic mass is 19.1. The van der Waals surface area contributed by atoms with Crippen molar-refractivity contribution in [1.82, 2.24) is 20.2 Å². The lowest BCUT2D eigenvalue weighted by molar-refractivity contribution is 0.623. The van der Waals surface area contributed by atoms with Crippen molar-refractivity contribution in [2.24, 2.45) is 0 Å². The van der Waals surface area contributed by atoms with E-state index in [0.717, 1.165) is 16.7 Å². The summed E-state index contributed by atoms with van der Waals surface area (Å²) in [5.41, 5.74) is 9.68. The highest BCUT2D eigenvalue weighted by Crippen LogP contribution is 2.23. The number of nitrogen functional groups attached to an aromatic ring is 1. The topological polar surface area (TPSA) is 69.6 Å². The molecule has 0 aliphatic rings. The molecular formula is C15H14FN5. The summed E-state index contributed by atoms with van der Waals surface area (Å²) >= 11 is 0. The van der Waals surface area contributed by atoms with Crippen LogP contribution in [0.15, 0.2) is 36.4 Å². The fourth-order valence-electron chi connectivity index (χ4n) is 2.32. The van der Waals surface area contributed by atoms with Crippen LogP contribution in [0.3, 0.4) is 0 Å². The first-order valence-electron chi connectivity index (χ1n) is 6.46. The lowest BCUT2D eigenvalue weighted by Crippen LogP contribution is -2.01. The van der Waals surface area contributed by atoms with Gasteiger partial charge in [-0.2, -0.15) is 4.68 Å². The number of rotatable bonds is 2. The zero-order valence-corrected chi connectivity index (χ0v) is 11.7. The molecule has 2 aromatic carbocycles. The molecule has 0 amide bonds. The summed E-state index contributed by atoms with van der Waals surface area (Å²) in [6.07, 6.45) is 0. The highest BCUT2D eigenvalue weighted by Gasteiger charge is 2.12. The van der Waals surface area contributed by atoms with Gasteiger partial charge in [-0.15, -0.1) is 5.10 Å². The molecule has 0 radical (unpaired) electrons. The van der Waals surface area contributed by atoms with Crippen LogP contribution in [0.25, 0.3) is 17.1 Å². The first kappa shape index (κ1) is 13.2. The minimum atomic E-state index is -0.324. The zero-order chi connectivity index (χ0) is 15.0. The van der Waals surface area contributed by atoms with Crippen LogP contribution in [0.1, 0.15) is 11.1 Å². The first-order valence-corrected chi connectivity index (χ1v) is 6.46. The largest absolute Gasteiger partial charge is 0.399 e. The third-order valence-corrected chi connectivity index (χ3v) is 3.10. The molecule has 0 bridgehead atoms. The van der Waals surface area contributed by atoms with Gasteiger partial charge in [0.25, 0.3) is 0 Å². The molecule has 3 aromatic rings. The fourth-order valence-corrected chi connectivity index (χ4v) is 2.32. The van der Waals surface area contributed by atoms with E-state index in [4.69, 9.17) is 5.73 Å². The van der Waals surface area contributed by atoms with Crippen molar-refractivity contribution in [2.75, 3.05) is 5.73 Å². The van der Waals surface area contributed by atoms with Crippen molar-refractivity contribution in [3.8, 4) is 17.1 Å². The molecule has 1 aromatic heterocycles. The van der Waals surface area contributed by atoms with Crippen LogP contribution in [0.5, 0.6) is 0 Å². The molecule has 0 aliphatic carbocycles. The van der Waals surface area contributed by atoms with Crippen molar-refractivity contribution in [3.63, 3.8) is 0 Å². The van der Waals surface area contributed by atoms with Gasteiger partial charge in [0.1, 0.15) is 5.82 Å². The number of nitrogens with zero attached hydrogens (tertiary/aromatic N) is 4. The van der Waals surface area contributed by atoms with Gasteiger partial charge in [-0.3, -0.25) is 0 Å². The molecule has 0 unspecified atom stereocenters. The average Bonchev–Trinajstić information content (AvgIpc) is 2.85. The SMILES string of the molecule is Cc1cc(N)cc(-c2nnnn2-c2cc(C)cc(F)c2)c1. The quantitative estimate of drug-likeness (QED) is 0.734. The van der Waals surface area contributed by atoms with Crippen LogP contribution in [-0.2, 0) is 0 Å². The summed E-state index contributed by atoms with van der Waals surface area (Å²) in [5, 5.41) is 11.7. The number of tetrazole rings is 1. The number of nitrogens with two attached hydrogens (primary N) is 1. The van der Waals surface area contributed by atoms with Gasteiger partial charge in [-0.05, 0) is 71.8 Å². The van der Waals surface area contributed by atoms with Crippen molar-refractivity contribution < 1.29 is 4.39 Å². The van der Waals surface area contributed by atoms with Crippen molar-refractivity contribution in [1.29, 1.82) is 0 Å². The second-order valence-electron chi connectivity index (χ2n) is 5.03. The molecule has 0 fully saturated rings. The monoisotopic (exact) mass is 283 g/mol. The zero-order valence-electron chi connectivity index (χ0n) is 11.7. The predicted octanol–water partition coefficient (Wildman–Crippen LogP) is 2.67. The molecule has 0 saturated heterocycles. The standard InChI is InChI=1S/C15H14FN5/c1-9-3-11(7-13(17)5-9)15-18-19-20-21(15)14-6-10(2)4-12(16)8-14/h3-8H,17H2,1-2H3. The number of aryl methyl sites for hydroxylation is 2. The maximum Gasteiger partial charge on any atom is 0.187 e. The molecule has 0 saturated carbocycles. The maximum atomic E-state index is 13.6. The smallest absolute Gasteiger partial charge is 0.187 e. The Labute approximate surface area is 121 Å². The molecule has 0 atom stereocenters. The first-order chi connectivity index (χ1) is 10.0. The van der Waals surface area contributed by atoms with E-state index in [1.165, 1.54) is 16.8 Å². The third-order valence-electron chi connectivity index (χ3n) is 3.10. The second kappa shape index (κ2) is 4.97. The lowest BCUT2D eigenvalue weighted by atomic mass is 10.1. The Kier molecular flexibility index (Phi) is 3.13. The normalized spacial score (nSPS) is 10.8. The molecule has 0 spiro atoms. The van der Waals surface area contributed by atoms with E-state index >= 15 is 0 Å². The van der Waals surface area contributed by atoms with Gasteiger partial charge in [-0.25, -0.2) is 4.39 Å². The number of anilines is 1. The van der Waals surface area contributed by atoms with E-state index in [9.17, 15) is 4.39 Å². The van der Waals surface area contributed by atoms with Crippen molar-refractivity contribution in [2.45, 2.75) is 13.8 Å². The van der Waals surface area contributed by atoms with E-state index in [1.807, 2.05) is 32.0 Å². The second-order valence-corrected chi connectivity index (χ2v) is 5.03. The minimum Gasteiger partial charge on any atom is -0.399 e. The van der Waals surface area contributed by atoms with E-state index < -0.39 is 0 Å². The van der Waals surface area contributed by atoms with Crippen LogP contribution in [-0.4, -0.2) is 20.2 Å². The average molecular weight is 283 g/mol. The number of hydrogen-bond donors (Lipinski definition) is 1. The molecule has 3 rings (SSSR count). The molecule has 1 heterocycles. The van der Waals surface area contributed by atoms with Crippen LogP contribution in [0, 0.1) is 19.7 Å². The van der Waals surface area contributed by atoms with Gasteiger partial charge in [0.2, 0.25) is 0 Å². The number of aromatic nitrogens is 4. The molecule has 2 N–H and O–H groups in total. The molecule has 21 heavy (non-hydrogen) atoms. The van der Waals surface area contributed by atoms with Crippen molar-refractivity contribution in [3.05, 3.63) is 53.3 Å². The summed E-state index contributed by atoms with van der Waals surface area (Å²) < 4.78 is 15.1. The highest BCUT2D eigenvalue weighted by molar-refractivity contribution is 5.64. The molecule has 106 valence electrons. The van der Waals surface area contributed by atoms with E-state index in [0.29, 0.717) is 17.2 Å². The van der Waals surface area contributed by atoms with Crippen LogP contribution < -0.4 is 5.73 Å². The Hall–Kier alpha value is -2.76. The van der Waals surface area contributed by atoms with E-state index in [2.05, 4.69) is 15.5 Å².